The number of rotatable bonds is 4. The number of benzene rings is 2. The molecule has 0 radical (unpaired) electrons. The van der Waals surface area contributed by atoms with Crippen LogP contribution in [0.25, 0.3) is 11.1 Å². The van der Waals surface area contributed by atoms with E-state index in [1.165, 1.54) is 0 Å². The number of sulfone groups is 1. The Balaban J connectivity index is 1.43. The highest BCUT2D eigenvalue weighted by Gasteiger charge is 2.50. The van der Waals surface area contributed by atoms with E-state index >= 15 is 0 Å². The van der Waals surface area contributed by atoms with E-state index in [9.17, 15) is 8.42 Å². The Morgan fingerprint density at radius 2 is 1.90 bits per heavy atom. The standard InChI is InChI=1S/C22H23N3O3S/c1-24-12-17(10-23-24)16-5-8-21-19(9-16)20-13-25(14-22(20)29(21,26)27)11-15-3-6-18(28-2)7-4-15/h3-10,12,20,22H,11,13-14H2,1-2H3/t20-,22-/m0/s1. The molecule has 0 unspecified atom stereocenters. The van der Waals surface area contributed by atoms with Gasteiger partial charge in [0.25, 0.3) is 0 Å². The lowest BCUT2D eigenvalue weighted by Gasteiger charge is -2.17. The fourth-order valence-electron chi connectivity index (χ4n) is 4.59. The molecule has 2 aliphatic rings. The largest absolute Gasteiger partial charge is 0.497 e. The zero-order chi connectivity index (χ0) is 20.2. The summed E-state index contributed by atoms with van der Waals surface area (Å²) >= 11 is 0. The van der Waals surface area contributed by atoms with Gasteiger partial charge >= 0.3 is 0 Å². The van der Waals surface area contributed by atoms with Crippen molar-refractivity contribution in [2.75, 3.05) is 20.2 Å². The molecule has 3 heterocycles. The third-order valence-corrected chi connectivity index (χ3v) is 8.32. The lowest BCUT2D eigenvalue weighted by Crippen LogP contribution is -2.25. The van der Waals surface area contributed by atoms with Crippen molar-refractivity contribution in [3.63, 3.8) is 0 Å². The third kappa shape index (κ3) is 3.05. The monoisotopic (exact) mass is 409 g/mol. The first-order valence-electron chi connectivity index (χ1n) is 9.68. The van der Waals surface area contributed by atoms with Crippen molar-refractivity contribution in [1.29, 1.82) is 0 Å². The van der Waals surface area contributed by atoms with Gasteiger partial charge in [0.05, 0.1) is 23.5 Å². The second-order valence-corrected chi connectivity index (χ2v) is 10.0. The van der Waals surface area contributed by atoms with Crippen LogP contribution in [0.1, 0.15) is 17.0 Å². The van der Waals surface area contributed by atoms with Crippen LogP contribution >= 0.6 is 0 Å². The highest BCUT2D eigenvalue weighted by molar-refractivity contribution is 7.92. The summed E-state index contributed by atoms with van der Waals surface area (Å²) in [6, 6.07) is 13.7. The van der Waals surface area contributed by atoms with Gasteiger partial charge in [0.15, 0.2) is 9.84 Å². The van der Waals surface area contributed by atoms with Crippen LogP contribution in [-0.4, -0.2) is 48.5 Å². The molecular weight excluding hydrogens is 386 g/mol. The molecule has 0 saturated carbocycles. The highest BCUT2D eigenvalue weighted by Crippen LogP contribution is 2.46. The summed E-state index contributed by atoms with van der Waals surface area (Å²) < 4.78 is 33.3. The van der Waals surface area contributed by atoms with Gasteiger partial charge in [-0.25, -0.2) is 8.42 Å². The Hall–Kier alpha value is -2.64. The summed E-state index contributed by atoms with van der Waals surface area (Å²) in [6.45, 7) is 2.06. The Morgan fingerprint density at radius 3 is 2.59 bits per heavy atom. The first-order valence-corrected chi connectivity index (χ1v) is 11.2. The lowest BCUT2D eigenvalue weighted by molar-refractivity contribution is 0.325. The molecule has 5 rings (SSSR count). The maximum atomic E-state index is 13.1. The number of ether oxygens (including phenoxy) is 1. The number of hydrogen-bond acceptors (Lipinski definition) is 5. The Morgan fingerprint density at radius 1 is 1.10 bits per heavy atom. The van der Waals surface area contributed by atoms with E-state index in [4.69, 9.17) is 4.74 Å². The maximum Gasteiger partial charge on any atom is 0.183 e. The van der Waals surface area contributed by atoms with Gasteiger partial charge in [-0.2, -0.15) is 5.10 Å². The van der Waals surface area contributed by atoms with E-state index in [1.807, 2.05) is 55.8 Å². The van der Waals surface area contributed by atoms with Crippen molar-refractivity contribution in [2.45, 2.75) is 22.6 Å². The maximum absolute atomic E-state index is 13.1. The average molecular weight is 410 g/mol. The SMILES string of the molecule is COc1ccc(CN2C[C@H]3c4cc(-c5cnn(C)c5)ccc4S(=O)(=O)[C@H]3C2)cc1. The van der Waals surface area contributed by atoms with Crippen LogP contribution in [0, 0.1) is 0 Å². The van der Waals surface area contributed by atoms with Crippen molar-refractivity contribution >= 4 is 9.84 Å². The second-order valence-electron chi connectivity index (χ2n) is 7.89. The van der Waals surface area contributed by atoms with Crippen LogP contribution in [0.2, 0.25) is 0 Å². The molecule has 0 spiro atoms. The first kappa shape index (κ1) is 18.4. The van der Waals surface area contributed by atoms with E-state index < -0.39 is 9.84 Å². The van der Waals surface area contributed by atoms with Gasteiger partial charge < -0.3 is 4.74 Å². The molecule has 6 nitrogen and oxygen atoms in total. The molecule has 0 bridgehead atoms. The minimum atomic E-state index is -3.30. The van der Waals surface area contributed by atoms with Crippen molar-refractivity contribution in [3.05, 3.63) is 66.0 Å². The van der Waals surface area contributed by atoms with Crippen molar-refractivity contribution < 1.29 is 13.2 Å². The Kier molecular flexibility index (Phi) is 4.26. The molecular formula is C22H23N3O3S. The lowest BCUT2D eigenvalue weighted by atomic mass is 9.95. The quantitative estimate of drug-likeness (QED) is 0.663. The Bertz CT molecular complexity index is 1170. The molecule has 0 amide bonds. The van der Waals surface area contributed by atoms with Crippen molar-refractivity contribution in [1.82, 2.24) is 14.7 Å². The summed E-state index contributed by atoms with van der Waals surface area (Å²) in [6.07, 6.45) is 3.76. The predicted molar refractivity (Wildman–Crippen MR) is 111 cm³/mol. The molecule has 2 atom stereocenters. The number of aromatic nitrogens is 2. The van der Waals surface area contributed by atoms with Crippen molar-refractivity contribution in [2.24, 2.45) is 7.05 Å². The summed E-state index contributed by atoms with van der Waals surface area (Å²) in [4.78, 5) is 2.75. The molecule has 0 aliphatic carbocycles. The van der Waals surface area contributed by atoms with Gasteiger partial charge in [-0.3, -0.25) is 9.58 Å². The van der Waals surface area contributed by atoms with E-state index in [2.05, 4.69) is 10.00 Å². The number of methoxy groups -OCH3 is 1. The summed E-state index contributed by atoms with van der Waals surface area (Å²) in [5.74, 6) is 0.844. The minimum Gasteiger partial charge on any atom is -0.497 e. The van der Waals surface area contributed by atoms with E-state index in [-0.39, 0.29) is 11.2 Å². The van der Waals surface area contributed by atoms with Crippen LogP contribution in [-0.2, 0) is 23.4 Å². The van der Waals surface area contributed by atoms with Crippen LogP contribution in [0.5, 0.6) is 5.75 Å². The van der Waals surface area contributed by atoms with Crippen LogP contribution in [0.15, 0.2) is 59.8 Å². The van der Waals surface area contributed by atoms with Gasteiger partial charge in [0.2, 0.25) is 0 Å². The molecule has 0 N–H and O–H groups in total. The number of aryl methyl sites for hydroxylation is 1. The summed E-state index contributed by atoms with van der Waals surface area (Å²) in [5, 5.41) is 3.87. The average Bonchev–Trinajstić information content (AvgIpc) is 3.39. The van der Waals surface area contributed by atoms with E-state index in [0.29, 0.717) is 11.4 Å². The molecule has 1 aromatic heterocycles. The zero-order valence-corrected chi connectivity index (χ0v) is 17.3. The zero-order valence-electron chi connectivity index (χ0n) is 16.4. The van der Waals surface area contributed by atoms with Crippen molar-refractivity contribution in [3.8, 4) is 16.9 Å². The topological polar surface area (TPSA) is 64.4 Å². The van der Waals surface area contributed by atoms with Crippen LogP contribution < -0.4 is 4.74 Å². The normalized spacial score (nSPS) is 22.4. The van der Waals surface area contributed by atoms with Gasteiger partial charge in [0.1, 0.15) is 5.75 Å². The molecule has 1 saturated heterocycles. The minimum absolute atomic E-state index is 0.0184. The number of nitrogens with zero attached hydrogens (tertiary/aromatic N) is 3. The van der Waals surface area contributed by atoms with Gasteiger partial charge in [-0.1, -0.05) is 18.2 Å². The highest BCUT2D eigenvalue weighted by atomic mass is 32.2. The molecule has 150 valence electrons. The fraction of sp³-hybridized carbons (Fsp3) is 0.318. The molecule has 3 aromatic rings. The fourth-order valence-corrected chi connectivity index (χ4v) is 6.79. The van der Waals surface area contributed by atoms with E-state index in [1.54, 1.807) is 17.9 Å². The van der Waals surface area contributed by atoms with Gasteiger partial charge in [0, 0.05) is 44.4 Å². The molecule has 7 heteroatoms. The van der Waals surface area contributed by atoms with Crippen LogP contribution in [0.4, 0.5) is 0 Å². The van der Waals surface area contributed by atoms with Gasteiger partial charge in [-0.15, -0.1) is 0 Å². The predicted octanol–water partition coefficient (Wildman–Crippen LogP) is 2.85. The molecule has 2 aliphatic heterocycles. The molecule has 1 fully saturated rings. The second kappa shape index (κ2) is 6.71. The van der Waals surface area contributed by atoms with Crippen LogP contribution in [0.3, 0.4) is 0 Å². The number of hydrogen-bond donors (Lipinski definition) is 0. The smallest absolute Gasteiger partial charge is 0.183 e. The van der Waals surface area contributed by atoms with E-state index in [0.717, 1.165) is 41.1 Å². The third-order valence-electron chi connectivity index (χ3n) is 6.06. The number of likely N-dealkylation sites (tertiary alicyclic amines) is 1. The first-order chi connectivity index (χ1) is 14.0. The summed E-state index contributed by atoms with van der Waals surface area (Å²) in [5.41, 5.74) is 4.13. The van der Waals surface area contributed by atoms with Gasteiger partial charge in [-0.05, 0) is 41.0 Å². The summed E-state index contributed by atoms with van der Waals surface area (Å²) in [7, 11) is 0.237. The number of fused-ring (bicyclic) bond motifs is 3. The molecule has 29 heavy (non-hydrogen) atoms. The Labute approximate surface area is 170 Å². The molecule has 2 aromatic carbocycles.